The zero-order valence-electron chi connectivity index (χ0n) is 19.9. The first-order chi connectivity index (χ1) is 17.0. The van der Waals surface area contributed by atoms with E-state index in [9.17, 15) is 9.59 Å². The number of hydrogen-bond acceptors (Lipinski definition) is 6. The van der Waals surface area contributed by atoms with Crippen molar-refractivity contribution in [3.05, 3.63) is 81.5 Å². The second-order valence-electron chi connectivity index (χ2n) is 8.82. The number of aromatic nitrogens is 2. The molecule has 1 saturated heterocycles. The monoisotopic (exact) mass is 488 g/mol. The van der Waals surface area contributed by atoms with Gasteiger partial charge in [-0.05, 0) is 54.5 Å². The molecular formula is C27H28N4O3S. The number of thiophene rings is 1. The normalized spacial score (nSPS) is 15.8. The molecule has 0 saturated carbocycles. The summed E-state index contributed by atoms with van der Waals surface area (Å²) in [5.74, 6) is 1.08. The average molecular weight is 489 g/mol. The van der Waals surface area contributed by atoms with Crippen molar-refractivity contribution in [2.45, 2.75) is 26.3 Å². The molecule has 0 bridgehead atoms. The smallest absolute Gasteiger partial charge is 0.277 e. The Bertz CT molecular complexity index is 1430. The summed E-state index contributed by atoms with van der Waals surface area (Å²) in [5.41, 5.74) is 3.54. The molecule has 0 radical (unpaired) electrons. The van der Waals surface area contributed by atoms with Crippen LogP contribution in [0.4, 0.5) is 5.95 Å². The number of piperidine rings is 1. The molecule has 2 aromatic carbocycles. The van der Waals surface area contributed by atoms with Gasteiger partial charge in [0, 0.05) is 25.7 Å². The molecule has 1 fully saturated rings. The van der Waals surface area contributed by atoms with E-state index in [1.165, 1.54) is 11.3 Å². The molecule has 4 aromatic rings. The molecule has 5 rings (SSSR count). The Morgan fingerprint density at radius 2 is 2.06 bits per heavy atom. The number of aryl methyl sites for hydroxylation is 1. The number of benzene rings is 2. The minimum atomic E-state index is -0.179. The Morgan fingerprint density at radius 1 is 1.20 bits per heavy atom. The van der Waals surface area contributed by atoms with Gasteiger partial charge in [-0.1, -0.05) is 30.3 Å². The maximum absolute atomic E-state index is 13.5. The maximum atomic E-state index is 13.5. The molecule has 0 spiro atoms. The Hall–Kier alpha value is -3.65. The van der Waals surface area contributed by atoms with Gasteiger partial charge in [-0.3, -0.25) is 9.59 Å². The first kappa shape index (κ1) is 23.1. The Balaban J connectivity index is 1.45. The number of nitrogens with one attached hydrogen (secondary N) is 1. The summed E-state index contributed by atoms with van der Waals surface area (Å²) >= 11 is 1.39. The van der Waals surface area contributed by atoms with Crippen molar-refractivity contribution in [2.24, 2.45) is 5.92 Å². The van der Waals surface area contributed by atoms with Gasteiger partial charge in [0.1, 0.15) is 10.4 Å². The first-order valence-electron chi connectivity index (χ1n) is 11.8. The second kappa shape index (κ2) is 9.92. The molecule has 8 heteroatoms. The van der Waals surface area contributed by atoms with Crippen molar-refractivity contribution >= 4 is 33.4 Å². The van der Waals surface area contributed by atoms with E-state index in [-0.39, 0.29) is 17.4 Å². The van der Waals surface area contributed by atoms with Gasteiger partial charge < -0.3 is 15.0 Å². The van der Waals surface area contributed by atoms with Crippen molar-refractivity contribution in [3.8, 4) is 11.4 Å². The quantitative estimate of drug-likeness (QED) is 0.438. The van der Waals surface area contributed by atoms with E-state index in [1.807, 2.05) is 66.9 Å². The van der Waals surface area contributed by atoms with Crippen LogP contribution in [0.2, 0.25) is 0 Å². The van der Waals surface area contributed by atoms with Crippen LogP contribution >= 0.6 is 11.3 Å². The summed E-state index contributed by atoms with van der Waals surface area (Å²) in [7, 11) is 1.61. The fourth-order valence-corrected chi connectivity index (χ4v) is 5.36. The van der Waals surface area contributed by atoms with Gasteiger partial charge in [-0.2, -0.15) is 0 Å². The standard InChI is InChI=1S/C27H28N4O3S/c1-18-7-3-4-8-19(18)16-28-25(32)20-9-6-13-30(17-20)27-29-23-12-14-35-24(23)26(33)31(27)21-10-5-11-22(15-21)34-2/h3-5,7-8,10-12,14-15,20H,6,9,13,16-17H2,1-2H3,(H,28,32)/t20-/m0/s1. The number of carbonyl (C=O) groups is 1. The van der Waals surface area contributed by atoms with Crippen LogP contribution in [0.1, 0.15) is 24.0 Å². The van der Waals surface area contributed by atoms with Gasteiger partial charge in [-0.25, -0.2) is 9.55 Å². The Morgan fingerprint density at radius 3 is 2.89 bits per heavy atom. The van der Waals surface area contributed by atoms with Crippen LogP contribution in [0.15, 0.2) is 64.8 Å². The summed E-state index contributed by atoms with van der Waals surface area (Å²) in [6, 6.07) is 17.4. The molecule has 1 N–H and O–H groups in total. The van der Waals surface area contributed by atoms with Crippen molar-refractivity contribution in [3.63, 3.8) is 0 Å². The van der Waals surface area contributed by atoms with Gasteiger partial charge >= 0.3 is 0 Å². The van der Waals surface area contributed by atoms with Gasteiger partial charge in [0.2, 0.25) is 11.9 Å². The van der Waals surface area contributed by atoms with Crippen LogP contribution in [-0.4, -0.2) is 35.7 Å². The molecule has 1 aliphatic heterocycles. The van der Waals surface area contributed by atoms with Crippen molar-refractivity contribution in [1.82, 2.24) is 14.9 Å². The predicted molar refractivity (Wildman–Crippen MR) is 140 cm³/mol. The largest absolute Gasteiger partial charge is 0.497 e. The third kappa shape index (κ3) is 4.66. The lowest BCUT2D eigenvalue weighted by molar-refractivity contribution is -0.125. The molecular weight excluding hydrogens is 460 g/mol. The number of amides is 1. The van der Waals surface area contributed by atoms with Crippen LogP contribution in [-0.2, 0) is 11.3 Å². The Labute approximate surface area is 208 Å². The zero-order chi connectivity index (χ0) is 24.4. The lowest BCUT2D eigenvalue weighted by Gasteiger charge is -2.34. The van der Waals surface area contributed by atoms with E-state index in [2.05, 4.69) is 10.2 Å². The van der Waals surface area contributed by atoms with E-state index < -0.39 is 0 Å². The lowest BCUT2D eigenvalue weighted by Crippen LogP contribution is -2.45. The minimum Gasteiger partial charge on any atom is -0.497 e. The number of ether oxygens (including phenoxy) is 1. The molecule has 1 amide bonds. The number of carbonyl (C=O) groups excluding carboxylic acids is 1. The maximum Gasteiger partial charge on any atom is 0.277 e. The zero-order valence-corrected chi connectivity index (χ0v) is 20.7. The third-order valence-corrected chi connectivity index (χ3v) is 7.45. The van der Waals surface area contributed by atoms with E-state index >= 15 is 0 Å². The molecule has 3 heterocycles. The van der Waals surface area contributed by atoms with Gasteiger partial charge in [0.15, 0.2) is 0 Å². The topological polar surface area (TPSA) is 76.5 Å². The fraction of sp³-hybridized carbons (Fsp3) is 0.296. The van der Waals surface area contributed by atoms with Crippen LogP contribution < -0.4 is 20.5 Å². The first-order valence-corrected chi connectivity index (χ1v) is 12.6. The number of nitrogens with zero attached hydrogens (tertiary/aromatic N) is 3. The van der Waals surface area contributed by atoms with Crippen molar-refractivity contribution in [2.75, 3.05) is 25.1 Å². The van der Waals surface area contributed by atoms with E-state index in [0.29, 0.717) is 40.7 Å². The fourth-order valence-electron chi connectivity index (χ4n) is 4.60. The highest BCUT2D eigenvalue weighted by molar-refractivity contribution is 7.17. The van der Waals surface area contributed by atoms with Crippen molar-refractivity contribution in [1.29, 1.82) is 0 Å². The third-order valence-electron chi connectivity index (χ3n) is 6.56. The van der Waals surface area contributed by atoms with Crippen LogP contribution in [0.3, 0.4) is 0 Å². The molecule has 0 unspecified atom stereocenters. The molecule has 0 aliphatic carbocycles. The second-order valence-corrected chi connectivity index (χ2v) is 9.73. The average Bonchev–Trinajstić information content (AvgIpc) is 3.37. The number of fused-ring (bicyclic) bond motifs is 1. The van der Waals surface area contributed by atoms with Crippen molar-refractivity contribution < 1.29 is 9.53 Å². The summed E-state index contributed by atoms with van der Waals surface area (Å²) in [4.78, 5) is 33.6. The van der Waals surface area contributed by atoms with E-state index in [0.717, 1.165) is 30.5 Å². The molecule has 1 aliphatic rings. The number of methoxy groups -OCH3 is 1. The van der Waals surface area contributed by atoms with Gasteiger partial charge in [-0.15, -0.1) is 11.3 Å². The summed E-state index contributed by atoms with van der Waals surface area (Å²) in [5, 5.41) is 5.00. The molecule has 1 atom stereocenters. The number of anilines is 1. The Kier molecular flexibility index (Phi) is 6.55. The molecule has 35 heavy (non-hydrogen) atoms. The number of hydrogen-bond donors (Lipinski definition) is 1. The highest BCUT2D eigenvalue weighted by Gasteiger charge is 2.29. The number of rotatable bonds is 6. The highest BCUT2D eigenvalue weighted by Crippen LogP contribution is 2.27. The van der Waals surface area contributed by atoms with Gasteiger partial charge in [0.05, 0.1) is 24.2 Å². The van der Waals surface area contributed by atoms with Crippen LogP contribution in [0, 0.1) is 12.8 Å². The summed E-state index contributed by atoms with van der Waals surface area (Å²) < 4.78 is 7.65. The lowest BCUT2D eigenvalue weighted by atomic mass is 9.97. The van der Waals surface area contributed by atoms with Crippen LogP contribution in [0.25, 0.3) is 15.9 Å². The minimum absolute atomic E-state index is 0.0323. The summed E-state index contributed by atoms with van der Waals surface area (Å²) in [6.45, 7) is 3.79. The molecule has 2 aromatic heterocycles. The SMILES string of the molecule is COc1cccc(-n2c(N3CCC[C@H](C(=O)NCc4ccccc4C)C3)nc3ccsc3c2=O)c1. The molecule has 180 valence electrons. The highest BCUT2D eigenvalue weighted by atomic mass is 32.1. The summed E-state index contributed by atoms with van der Waals surface area (Å²) in [6.07, 6.45) is 1.65. The molecule has 7 nitrogen and oxygen atoms in total. The predicted octanol–water partition coefficient (Wildman–Crippen LogP) is 4.30. The van der Waals surface area contributed by atoms with E-state index in [4.69, 9.17) is 9.72 Å². The van der Waals surface area contributed by atoms with Crippen LogP contribution in [0.5, 0.6) is 5.75 Å². The van der Waals surface area contributed by atoms with E-state index in [1.54, 1.807) is 11.7 Å². The van der Waals surface area contributed by atoms with Gasteiger partial charge in [0.25, 0.3) is 5.56 Å².